The fourth-order valence-corrected chi connectivity index (χ4v) is 4.02. The van der Waals surface area contributed by atoms with Crippen LogP contribution in [0.4, 0.5) is 5.69 Å². The maximum absolute atomic E-state index is 12.6. The Labute approximate surface area is 159 Å². The van der Waals surface area contributed by atoms with Crippen molar-refractivity contribution in [2.24, 2.45) is 0 Å². The number of rotatable bonds is 6. The van der Waals surface area contributed by atoms with Crippen LogP contribution in [-0.4, -0.2) is 39.6 Å². The van der Waals surface area contributed by atoms with E-state index >= 15 is 0 Å². The van der Waals surface area contributed by atoms with Gasteiger partial charge in [-0.05, 0) is 30.7 Å². The molecule has 7 nitrogen and oxygen atoms in total. The molecule has 0 radical (unpaired) electrons. The van der Waals surface area contributed by atoms with Crippen LogP contribution in [0.3, 0.4) is 0 Å². The number of carbonyl (C=O) groups is 1. The minimum atomic E-state index is -3.70. The number of carbonyl (C=O) groups excluding carboxylic acids is 1. The molecule has 2 atom stereocenters. The van der Waals surface area contributed by atoms with Crippen molar-refractivity contribution in [1.29, 1.82) is 0 Å². The van der Waals surface area contributed by atoms with Gasteiger partial charge in [-0.3, -0.25) is 9.52 Å². The van der Waals surface area contributed by atoms with Crippen molar-refractivity contribution in [3.8, 4) is 0 Å². The predicted octanol–water partition coefficient (Wildman–Crippen LogP) is 1.48. The van der Waals surface area contributed by atoms with Gasteiger partial charge in [-0.15, -0.1) is 0 Å². The van der Waals surface area contributed by atoms with Crippen LogP contribution in [0.25, 0.3) is 0 Å². The van der Waals surface area contributed by atoms with Gasteiger partial charge in [0.25, 0.3) is 10.0 Å². The molecule has 3 rings (SSSR count). The zero-order chi connectivity index (χ0) is 19.3. The quantitative estimate of drug-likeness (QED) is 0.695. The molecule has 0 aliphatic carbocycles. The first-order valence-electron chi connectivity index (χ1n) is 8.76. The summed E-state index contributed by atoms with van der Waals surface area (Å²) in [6.07, 6.45) is -0.217. The fraction of sp³-hybridized carbons (Fsp3) is 0.316. The second-order valence-electron chi connectivity index (χ2n) is 6.30. The molecular formula is C19H23N3O4S. The van der Waals surface area contributed by atoms with E-state index in [1.807, 2.05) is 6.92 Å². The molecule has 8 heteroatoms. The van der Waals surface area contributed by atoms with E-state index in [1.165, 1.54) is 12.1 Å². The van der Waals surface area contributed by atoms with E-state index in [4.69, 9.17) is 4.74 Å². The highest BCUT2D eigenvalue weighted by atomic mass is 32.2. The number of para-hydroxylation sites is 1. The lowest BCUT2D eigenvalue weighted by Gasteiger charge is -2.29. The summed E-state index contributed by atoms with van der Waals surface area (Å²) in [5.74, 6) is -0.178. The van der Waals surface area contributed by atoms with Crippen LogP contribution in [-0.2, 0) is 26.1 Å². The van der Waals surface area contributed by atoms with E-state index in [1.54, 1.807) is 42.5 Å². The van der Waals surface area contributed by atoms with Crippen LogP contribution in [0.15, 0.2) is 59.5 Å². The van der Waals surface area contributed by atoms with Gasteiger partial charge in [-0.1, -0.05) is 36.4 Å². The molecule has 27 heavy (non-hydrogen) atoms. The average Bonchev–Trinajstić information content (AvgIpc) is 2.68. The highest BCUT2D eigenvalue weighted by Gasteiger charge is 2.28. The van der Waals surface area contributed by atoms with Crippen molar-refractivity contribution < 1.29 is 17.9 Å². The first kappa shape index (κ1) is 19.3. The molecule has 1 aliphatic heterocycles. The summed E-state index contributed by atoms with van der Waals surface area (Å²) in [6, 6.07) is 14.7. The highest BCUT2D eigenvalue weighted by Crippen LogP contribution is 2.20. The number of hydrogen-bond acceptors (Lipinski definition) is 5. The third kappa shape index (κ3) is 4.85. The number of sulfonamides is 1. The number of anilines is 1. The number of nitrogens with one attached hydrogen (secondary N) is 3. The molecule has 0 unspecified atom stereocenters. The van der Waals surface area contributed by atoms with Crippen LogP contribution in [0.2, 0.25) is 0 Å². The molecular weight excluding hydrogens is 366 g/mol. The van der Waals surface area contributed by atoms with Crippen molar-refractivity contribution in [3.63, 3.8) is 0 Å². The van der Waals surface area contributed by atoms with Gasteiger partial charge in [0, 0.05) is 13.1 Å². The molecule has 1 aliphatic rings. The van der Waals surface area contributed by atoms with E-state index in [2.05, 4.69) is 15.4 Å². The lowest BCUT2D eigenvalue weighted by molar-refractivity contribution is -0.129. The van der Waals surface area contributed by atoms with Crippen LogP contribution in [0.1, 0.15) is 12.5 Å². The maximum atomic E-state index is 12.6. The van der Waals surface area contributed by atoms with Gasteiger partial charge in [0.2, 0.25) is 5.91 Å². The highest BCUT2D eigenvalue weighted by molar-refractivity contribution is 7.92. The van der Waals surface area contributed by atoms with Crippen molar-refractivity contribution >= 4 is 21.6 Å². The van der Waals surface area contributed by atoms with E-state index in [9.17, 15) is 13.2 Å². The van der Waals surface area contributed by atoms with E-state index in [0.29, 0.717) is 24.4 Å². The van der Waals surface area contributed by atoms with Crippen LogP contribution < -0.4 is 15.4 Å². The molecule has 1 heterocycles. The van der Waals surface area contributed by atoms with Crippen LogP contribution in [0.5, 0.6) is 0 Å². The Bertz CT molecular complexity index is 887. The van der Waals surface area contributed by atoms with E-state index in [-0.39, 0.29) is 23.5 Å². The van der Waals surface area contributed by atoms with Crippen LogP contribution >= 0.6 is 0 Å². The molecule has 0 saturated carbocycles. The minimum Gasteiger partial charge on any atom is -0.375 e. The van der Waals surface area contributed by atoms with Gasteiger partial charge in [0.05, 0.1) is 23.3 Å². The second kappa shape index (κ2) is 8.51. The maximum Gasteiger partial charge on any atom is 0.261 e. The first-order chi connectivity index (χ1) is 13.0. The summed E-state index contributed by atoms with van der Waals surface area (Å²) in [4.78, 5) is 12.6. The smallest absolute Gasteiger partial charge is 0.261 e. The summed E-state index contributed by atoms with van der Waals surface area (Å²) in [5, 5.41) is 5.98. The van der Waals surface area contributed by atoms with Gasteiger partial charge >= 0.3 is 0 Å². The summed E-state index contributed by atoms with van der Waals surface area (Å²) in [5.41, 5.74) is 1.11. The summed E-state index contributed by atoms with van der Waals surface area (Å²) < 4.78 is 33.2. The zero-order valence-electron chi connectivity index (χ0n) is 15.0. The van der Waals surface area contributed by atoms with Gasteiger partial charge < -0.3 is 15.4 Å². The molecule has 144 valence electrons. The SMILES string of the molecule is C[C@H]1OCCN[C@@H]1C(=O)NCc1ccccc1NS(=O)(=O)c1ccccc1. The lowest BCUT2D eigenvalue weighted by Crippen LogP contribution is -2.55. The number of morpholine rings is 1. The molecule has 0 aromatic heterocycles. The van der Waals surface area contributed by atoms with Crippen molar-refractivity contribution in [3.05, 3.63) is 60.2 Å². The molecule has 1 saturated heterocycles. The van der Waals surface area contributed by atoms with Crippen molar-refractivity contribution in [1.82, 2.24) is 10.6 Å². The number of amides is 1. The first-order valence-corrected chi connectivity index (χ1v) is 10.2. The molecule has 0 bridgehead atoms. The van der Waals surface area contributed by atoms with Gasteiger partial charge in [0.1, 0.15) is 6.04 Å². The van der Waals surface area contributed by atoms with Crippen molar-refractivity contribution in [2.45, 2.75) is 30.5 Å². The average molecular weight is 389 g/mol. The summed E-state index contributed by atoms with van der Waals surface area (Å²) >= 11 is 0. The van der Waals surface area contributed by atoms with Crippen molar-refractivity contribution in [2.75, 3.05) is 17.9 Å². The number of ether oxygens (including phenoxy) is 1. The third-order valence-electron chi connectivity index (χ3n) is 4.37. The summed E-state index contributed by atoms with van der Waals surface area (Å²) in [6.45, 7) is 3.25. The largest absolute Gasteiger partial charge is 0.375 e. The van der Waals surface area contributed by atoms with Gasteiger partial charge in [-0.2, -0.15) is 0 Å². The normalized spacial score (nSPS) is 20.0. The fourth-order valence-electron chi connectivity index (χ4n) is 2.90. The van der Waals surface area contributed by atoms with E-state index in [0.717, 1.165) is 0 Å². The lowest BCUT2D eigenvalue weighted by atomic mass is 10.1. The summed E-state index contributed by atoms with van der Waals surface area (Å²) in [7, 11) is -3.70. The molecule has 2 aromatic rings. The molecule has 0 spiro atoms. The number of hydrogen-bond donors (Lipinski definition) is 3. The Morgan fingerprint density at radius 1 is 1.15 bits per heavy atom. The predicted molar refractivity (Wildman–Crippen MR) is 103 cm³/mol. The second-order valence-corrected chi connectivity index (χ2v) is 7.98. The number of benzene rings is 2. The Kier molecular flexibility index (Phi) is 6.10. The standard InChI is InChI=1S/C19H23N3O4S/c1-14-18(20-11-12-26-14)19(23)21-13-15-7-5-6-10-17(15)22-27(24,25)16-8-3-2-4-9-16/h2-10,14,18,20,22H,11-13H2,1H3,(H,21,23)/t14-,18+/m1/s1. The van der Waals surface area contributed by atoms with Gasteiger partial charge in [-0.25, -0.2) is 8.42 Å². The van der Waals surface area contributed by atoms with Crippen LogP contribution in [0, 0.1) is 0 Å². The topological polar surface area (TPSA) is 96.5 Å². The van der Waals surface area contributed by atoms with Gasteiger partial charge in [0.15, 0.2) is 0 Å². The minimum absolute atomic E-state index is 0.178. The Balaban J connectivity index is 1.70. The van der Waals surface area contributed by atoms with E-state index < -0.39 is 16.1 Å². The Morgan fingerprint density at radius 2 is 1.85 bits per heavy atom. The molecule has 1 fully saturated rings. The molecule has 2 aromatic carbocycles. The molecule has 3 N–H and O–H groups in total. The molecule has 1 amide bonds. The third-order valence-corrected chi connectivity index (χ3v) is 5.75. The monoisotopic (exact) mass is 389 g/mol. The zero-order valence-corrected chi connectivity index (χ0v) is 15.8. The Morgan fingerprint density at radius 3 is 2.59 bits per heavy atom. The Hall–Kier alpha value is -2.42.